The van der Waals surface area contributed by atoms with Gasteiger partial charge < -0.3 is 0 Å². The molecule has 0 N–H and O–H groups in total. The van der Waals surface area contributed by atoms with Crippen molar-refractivity contribution in [2.75, 3.05) is 0 Å². The lowest BCUT2D eigenvalue weighted by atomic mass is 9.90. The Morgan fingerprint density at radius 2 is 0.857 bits per heavy atom. The van der Waals surface area contributed by atoms with Gasteiger partial charge in [-0.2, -0.15) is 0 Å². The molecule has 0 heteroatoms. The van der Waals surface area contributed by atoms with Crippen LogP contribution in [0.15, 0.2) is 12.2 Å². The summed E-state index contributed by atoms with van der Waals surface area (Å²) in [4.78, 5) is 0. The molecule has 0 aromatic heterocycles. The standard InChI is InChI=1S/C28H56/c1-4-7-10-12-14-15-16-17-18-19-20-22-24-27-28(25-9-6-3)26-23-21-13-11-8-5-2/h4,7,28H,5-6,8-27H2,1-3H3/b7-4+. The first kappa shape index (κ1) is 27.7. The molecule has 0 amide bonds. The van der Waals surface area contributed by atoms with Gasteiger partial charge in [0.05, 0.1) is 0 Å². The SMILES string of the molecule is C/C=C/CCCCCCCCCCCCC(CCCC)CCCCCCCC. The summed E-state index contributed by atoms with van der Waals surface area (Å²) >= 11 is 0. The molecule has 28 heavy (non-hydrogen) atoms. The summed E-state index contributed by atoms with van der Waals surface area (Å²) in [6, 6.07) is 0. The van der Waals surface area contributed by atoms with Crippen LogP contribution >= 0.6 is 0 Å². The number of allylic oxidation sites excluding steroid dienone is 2. The molecule has 0 fully saturated rings. The number of unbranched alkanes of at least 4 members (excludes halogenated alkanes) is 16. The van der Waals surface area contributed by atoms with E-state index in [1.165, 1.54) is 141 Å². The number of hydrogen-bond donors (Lipinski definition) is 0. The predicted octanol–water partition coefficient (Wildman–Crippen LogP) is 10.8. The zero-order chi connectivity index (χ0) is 20.5. The molecule has 1 atom stereocenters. The van der Waals surface area contributed by atoms with E-state index in [1.54, 1.807) is 0 Å². The van der Waals surface area contributed by atoms with Gasteiger partial charge in [0.25, 0.3) is 0 Å². The molecule has 0 spiro atoms. The predicted molar refractivity (Wildman–Crippen MR) is 131 cm³/mol. The Balaban J connectivity index is 3.47. The highest BCUT2D eigenvalue weighted by Gasteiger charge is 2.08. The van der Waals surface area contributed by atoms with Crippen LogP contribution in [0, 0.1) is 5.92 Å². The molecule has 0 radical (unpaired) electrons. The lowest BCUT2D eigenvalue weighted by Gasteiger charge is -2.16. The molecule has 0 rings (SSSR count). The lowest BCUT2D eigenvalue weighted by Crippen LogP contribution is -2.01. The van der Waals surface area contributed by atoms with E-state index >= 15 is 0 Å². The van der Waals surface area contributed by atoms with Crippen LogP contribution < -0.4 is 0 Å². The highest BCUT2D eigenvalue weighted by Crippen LogP contribution is 2.24. The Morgan fingerprint density at radius 3 is 1.32 bits per heavy atom. The van der Waals surface area contributed by atoms with Crippen LogP contribution in [0.5, 0.6) is 0 Å². The zero-order valence-corrected chi connectivity index (χ0v) is 20.3. The van der Waals surface area contributed by atoms with Crippen LogP contribution in [0.1, 0.15) is 162 Å². The fraction of sp³-hybridized carbons (Fsp3) is 0.929. The second kappa shape index (κ2) is 24.8. The van der Waals surface area contributed by atoms with Crippen LogP contribution in [0.4, 0.5) is 0 Å². The molecule has 0 aliphatic rings. The van der Waals surface area contributed by atoms with Gasteiger partial charge in [-0.1, -0.05) is 154 Å². The van der Waals surface area contributed by atoms with E-state index in [2.05, 4.69) is 32.9 Å². The first-order valence-electron chi connectivity index (χ1n) is 13.5. The number of rotatable bonds is 23. The maximum atomic E-state index is 2.35. The van der Waals surface area contributed by atoms with Crippen molar-refractivity contribution in [1.29, 1.82) is 0 Å². The van der Waals surface area contributed by atoms with Gasteiger partial charge in [0.2, 0.25) is 0 Å². The van der Waals surface area contributed by atoms with Crippen molar-refractivity contribution in [2.45, 2.75) is 162 Å². The highest BCUT2D eigenvalue weighted by atomic mass is 14.1. The third kappa shape index (κ3) is 22.0. The smallest absolute Gasteiger partial charge is 0.0351 e. The summed E-state index contributed by atoms with van der Waals surface area (Å²) in [5, 5.41) is 0. The van der Waals surface area contributed by atoms with Gasteiger partial charge in [0, 0.05) is 0 Å². The van der Waals surface area contributed by atoms with Gasteiger partial charge in [-0.05, 0) is 25.7 Å². The molecule has 1 unspecified atom stereocenters. The van der Waals surface area contributed by atoms with Crippen molar-refractivity contribution in [1.82, 2.24) is 0 Å². The molecule has 168 valence electrons. The summed E-state index contributed by atoms with van der Waals surface area (Å²) in [5.41, 5.74) is 0. The van der Waals surface area contributed by atoms with Crippen LogP contribution in [-0.2, 0) is 0 Å². The Bertz CT molecular complexity index is 290. The molecule has 0 saturated heterocycles. The van der Waals surface area contributed by atoms with Crippen LogP contribution in [-0.4, -0.2) is 0 Å². The Morgan fingerprint density at radius 1 is 0.464 bits per heavy atom. The zero-order valence-electron chi connectivity index (χ0n) is 20.3. The highest BCUT2D eigenvalue weighted by molar-refractivity contribution is 4.76. The van der Waals surface area contributed by atoms with Gasteiger partial charge in [0.1, 0.15) is 0 Å². The van der Waals surface area contributed by atoms with E-state index in [9.17, 15) is 0 Å². The van der Waals surface area contributed by atoms with Crippen molar-refractivity contribution in [3.63, 3.8) is 0 Å². The second-order valence-corrected chi connectivity index (χ2v) is 9.25. The first-order valence-corrected chi connectivity index (χ1v) is 13.5. The normalized spacial score (nSPS) is 12.8. The quantitative estimate of drug-likeness (QED) is 0.120. The molecule has 0 saturated carbocycles. The fourth-order valence-corrected chi connectivity index (χ4v) is 4.42. The summed E-state index contributed by atoms with van der Waals surface area (Å²) in [5.74, 6) is 1.04. The van der Waals surface area contributed by atoms with Crippen LogP contribution in [0.2, 0.25) is 0 Å². The van der Waals surface area contributed by atoms with E-state index in [0.717, 1.165) is 5.92 Å². The lowest BCUT2D eigenvalue weighted by molar-refractivity contribution is 0.370. The van der Waals surface area contributed by atoms with Crippen molar-refractivity contribution in [3.05, 3.63) is 12.2 Å². The third-order valence-corrected chi connectivity index (χ3v) is 6.40. The monoisotopic (exact) mass is 392 g/mol. The minimum absolute atomic E-state index is 1.04. The average molecular weight is 393 g/mol. The first-order chi connectivity index (χ1) is 13.8. The molecule has 0 aromatic rings. The molecule has 0 heterocycles. The molecule has 0 nitrogen and oxygen atoms in total. The largest absolute Gasteiger partial charge is 0.0917 e. The summed E-state index contributed by atoms with van der Waals surface area (Å²) in [7, 11) is 0. The van der Waals surface area contributed by atoms with Gasteiger partial charge >= 0.3 is 0 Å². The summed E-state index contributed by atoms with van der Waals surface area (Å²) in [6.07, 6.45) is 36.5. The summed E-state index contributed by atoms with van der Waals surface area (Å²) in [6.45, 7) is 6.79. The van der Waals surface area contributed by atoms with Crippen molar-refractivity contribution >= 4 is 0 Å². The molecular weight excluding hydrogens is 336 g/mol. The minimum Gasteiger partial charge on any atom is -0.0917 e. The maximum absolute atomic E-state index is 2.35. The average Bonchev–Trinajstić information content (AvgIpc) is 2.71. The Kier molecular flexibility index (Phi) is 24.5. The Labute approximate surface area is 180 Å². The van der Waals surface area contributed by atoms with Gasteiger partial charge in [-0.15, -0.1) is 0 Å². The minimum atomic E-state index is 1.04. The van der Waals surface area contributed by atoms with E-state index in [1.807, 2.05) is 0 Å². The van der Waals surface area contributed by atoms with Gasteiger partial charge in [-0.3, -0.25) is 0 Å². The van der Waals surface area contributed by atoms with E-state index in [0.29, 0.717) is 0 Å². The van der Waals surface area contributed by atoms with Gasteiger partial charge in [0.15, 0.2) is 0 Å². The topological polar surface area (TPSA) is 0 Å². The van der Waals surface area contributed by atoms with Crippen molar-refractivity contribution in [2.24, 2.45) is 5.92 Å². The van der Waals surface area contributed by atoms with E-state index < -0.39 is 0 Å². The molecular formula is C28H56. The maximum Gasteiger partial charge on any atom is -0.0351 e. The van der Waals surface area contributed by atoms with Crippen molar-refractivity contribution < 1.29 is 0 Å². The van der Waals surface area contributed by atoms with Crippen LogP contribution in [0.25, 0.3) is 0 Å². The second-order valence-electron chi connectivity index (χ2n) is 9.25. The molecule has 0 aliphatic heterocycles. The van der Waals surface area contributed by atoms with E-state index in [-0.39, 0.29) is 0 Å². The summed E-state index contributed by atoms with van der Waals surface area (Å²) < 4.78 is 0. The molecule has 0 aliphatic carbocycles. The van der Waals surface area contributed by atoms with Crippen molar-refractivity contribution in [3.8, 4) is 0 Å². The fourth-order valence-electron chi connectivity index (χ4n) is 4.42. The number of hydrogen-bond acceptors (Lipinski definition) is 0. The Hall–Kier alpha value is -0.260. The van der Waals surface area contributed by atoms with E-state index in [4.69, 9.17) is 0 Å². The molecule has 0 aromatic carbocycles. The third-order valence-electron chi connectivity index (χ3n) is 6.40. The van der Waals surface area contributed by atoms with Crippen LogP contribution in [0.3, 0.4) is 0 Å². The molecule has 0 bridgehead atoms. The van der Waals surface area contributed by atoms with Gasteiger partial charge in [-0.25, -0.2) is 0 Å².